The number of carbonyl (C=O) groups is 1. The van der Waals surface area contributed by atoms with Crippen molar-refractivity contribution in [3.63, 3.8) is 0 Å². The van der Waals surface area contributed by atoms with Crippen molar-refractivity contribution in [2.45, 2.75) is 45.1 Å². The Balaban J connectivity index is 1.45. The Morgan fingerprint density at radius 3 is 3.17 bits per heavy atom. The summed E-state index contributed by atoms with van der Waals surface area (Å²) >= 11 is 1.66. The van der Waals surface area contributed by atoms with Gasteiger partial charge in [0.15, 0.2) is 0 Å². The van der Waals surface area contributed by atoms with Gasteiger partial charge in [0.25, 0.3) is 5.91 Å². The maximum atomic E-state index is 12.6. The topological polar surface area (TPSA) is 56.2 Å². The maximum Gasteiger partial charge on any atom is 0.266 e. The van der Waals surface area contributed by atoms with Crippen LogP contribution in [0.15, 0.2) is 18.3 Å². The Hall–Kier alpha value is -1.66. The van der Waals surface area contributed by atoms with E-state index in [0.29, 0.717) is 5.92 Å². The summed E-state index contributed by atoms with van der Waals surface area (Å²) in [6, 6.07) is 3.96. The molecule has 1 aliphatic carbocycles. The molecule has 0 unspecified atom stereocenters. The van der Waals surface area contributed by atoms with Crippen LogP contribution in [0.3, 0.4) is 0 Å². The van der Waals surface area contributed by atoms with Crippen LogP contribution in [0.2, 0.25) is 0 Å². The van der Waals surface area contributed by atoms with E-state index in [-0.39, 0.29) is 5.91 Å². The Kier molecular flexibility index (Phi) is 4.67. The van der Waals surface area contributed by atoms with E-state index >= 15 is 0 Å². The molecule has 1 amide bonds. The van der Waals surface area contributed by atoms with E-state index in [1.807, 2.05) is 10.7 Å². The number of nitrogens with one attached hydrogen (secondary N) is 1. The number of rotatable bonds is 4. The predicted octanol–water partition coefficient (Wildman–Crippen LogP) is 3.50. The standard InChI is InChI=1S/C18H23N3O2S/c22-18(16-10-14-4-2-1-3-5-15(14)24-16)20-17-6-8-19-21(17)11-13-7-9-23-12-13/h6,8,10,13H,1-5,7,9,11-12H2,(H,20,22)/t13-/m0/s1. The average Bonchev–Trinajstić information content (AvgIpc) is 3.29. The summed E-state index contributed by atoms with van der Waals surface area (Å²) in [6.45, 7) is 2.41. The van der Waals surface area contributed by atoms with E-state index in [9.17, 15) is 4.79 Å². The molecule has 5 nitrogen and oxygen atoms in total. The van der Waals surface area contributed by atoms with Gasteiger partial charge in [-0.3, -0.25) is 4.79 Å². The quantitative estimate of drug-likeness (QED) is 0.863. The Bertz CT molecular complexity index is 692. The lowest BCUT2D eigenvalue weighted by molar-refractivity contribution is 0.102. The van der Waals surface area contributed by atoms with Crippen LogP contribution in [0, 0.1) is 5.92 Å². The molecule has 0 spiro atoms. The fourth-order valence-corrected chi connectivity index (χ4v) is 4.66. The van der Waals surface area contributed by atoms with Gasteiger partial charge in [-0.1, -0.05) is 6.42 Å². The van der Waals surface area contributed by atoms with Gasteiger partial charge in [-0.2, -0.15) is 5.10 Å². The maximum absolute atomic E-state index is 12.6. The molecular weight excluding hydrogens is 322 g/mol. The van der Waals surface area contributed by atoms with Crippen molar-refractivity contribution in [1.82, 2.24) is 9.78 Å². The molecule has 0 radical (unpaired) electrons. The van der Waals surface area contributed by atoms with Crippen LogP contribution in [0.1, 0.15) is 45.8 Å². The van der Waals surface area contributed by atoms with Gasteiger partial charge in [0.1, 0.15) is 5.82 Å². The molecule has 0 saturated carbocycles. The summed E-state index contributed by atoms with van der Waals surface area (Å²) in [5, 5.41) is 7.39. The zero-order valence-electron chi connectivity index (χ0n) is 13.8. The smallest absolute Gasteiger partial charge is 0.266 e. The van der Waals surface area contributed by atoms with Crippen LogP contribution >= 0.6 is 11.3 Å². The summed E-state index contributed by atoms with van der Waals surface area (Å²) in [6.07, 6.45) is 8.81. The third kappa shape index (κ3) is 3.39. The van der Waals surface area contributed by atoms with Gasteiger partial charge in [-0.15, -0.1) is 11.3 Å². The molecule has 24 heavy (non-hydrogen) atoms. The predicted molar refractivity (Wildman–Crippen MR) is 94.7 cm³/mol. The van der Waals surface area contributed by atoms with E-state index < -0.39 is 0 Å². The monoisotopic (exact) mass is 345 g/mol. The molecule has 1 aliphatic heterocycles. The second-order valence-electron chi connectivity index (χ2n) is 6.70. The number of fused-ring (bicyclic) bond motifs is 1. The third-order valence-electron chi connectivity index (χ3n) is 4.88. The van der Waals surface area contributed by atoms with E-state index in [2.05, 4.69) is 16.5 Å². The highest BCUT2D eigenvalue weighted by Gasteiger charge is 2.20. The third-order valence-corrected chi connectivity index (χ3v) is 6.12. The summed E-state index contributed by atoms with van der Waals surface area (Å²) in [5.41, 5.74) is 1.37. The molecule has 1 N–H and O–H groups in total. The highest BCUT2D eigenvalue weighted by atomic mass is 32.1. The molecule has 2 aromatic rings. The SMILES string of the molecule is O=C(Nc1ccnn1C[C@@H]1CCOC1)c1cc2c(s1)CCCCC2. The van der Waals surface area contributed by atoms with Gasteiger partial charge >= 0.3 is 0 Å². The number of hydrogen-bond acceptors (Lipinski definition) is 4. The van der Waals surface area contributed by atoms with Gasteiger partial charge in [-0.05, 0) is 43.7 Å². The lowest BCUT2D eigenvalue weighted by atomic mass is 10.1. The minimum Gasteiger partial charge on any atom is -0.381 e. The van der Waals surface area contributed by atoms with E-state index in [1.54, 1.807) is 17.5 Å². The lowest BCUT2D eigenvalue weighted by Gasteiger charge is -2.11. The van der Waals surface area contributed by atoms with Crippen molar-refractivity contribution in [1.29, 1.82) is 0 Å². The highest BCUT2D eigenvalue weighted by Crippen LogP contribution is 2.29. The number of amides is 1. The van der Waals surface area contributed by atoms with Gasteiger partial charge in [0, 0.05) is 30.0 Å². The largest absolute Gasteiger partial charge is 0.381 e. The summed E-state index contributed by atoms with van der Waals surface area (Å²) in [7, 11) is 0. The first-order valence-electron chi connectivity index (χ1n) is 8.82. The average molecular weight is 345 g/mol. The first kappa shape index (κ1) is 15.8. The molecular formula is C18H23N3O2S. The summed E-state index contributed by atoms with van der Waals surface area (Å²) in [4.78, 5) is 14.9. The molecule has 2 aliphatic rings. The van der Waals surface area contributed by atoms with Crippen molar-refractivity contribution in [3.8, 4) is 0 Å². The zero-order valence-corrected chi connectivity index (χ0v) is 14.6. The minimum absolute atomic E-state index is 0.0162. The number of hydrogen-bond donors (Lipinski definition) is 1. The van der Waals surface area contributed by atoms with Crippen LogP contribution in [0.25, 0.3) is 0 Å². The Morgan fingerprint density at radius 2 is 2.29 bits per heavy atom. The van der Waals surface area contributed by atoms with Crippen LogP contribution in [-0.2, 0) is 24.1 Å². The molecule has 1 atom stereocenters. The fraction of sp³-hybridized carbons (Fsp3) is 0.556. The molecule has 1 fully saturated rings. The van der Waals surface area contributed by atoms with Gasteiger partial charge in [-0.25, -0.2) is 4.68 Å². The van der Waals surface area contributed by atoms with Crippen molar-refractivity contribution in [2.75, 3.05) is 18.5 Å². The molecule has 0 aromatic carbocycles. The van der Waals surface area contributed by atoms with Crippen molar-refractivity contribution < 1.29 is 9.53 Å². The number of ether oxygens (including phenoxy) is 1. The summed E-state index contributed by atoms with van der Waals surface area (Å²) in [5.74, 6) is 1.24. The fourth-order valence-electron chi connectivity index (χ4n) is 3.51. The van der Waals surface area contributed by atoms with Crippen molar-refractivity contribution >= 4 is 23.1 Å². The highest BCUT2D eigenvalue weighted by molar-refractivity contribution is 7.14. The van der Waals surface area contributed by atoms with E-state index in [1.165, 1.54) is 29.7 Å². The molecule has 1 saturated heterocycles. The number of aryl methyl sites for hydroxylation is 2. The second kappa shape index (κ2) is 7.07. The number of carbonyl (C=O) groups excluding carboxylic acids is 1. The molecule has 6 heteroatoms. The molecule has 3 heterocycles. The number of nitrogens with zero attached hydrogens (tertiary/aromatic N) is 2. The number of aromatic nitrogens is 2. The van der Waals surface area contributed by atoms with Crippen LogP contribution in [0.5, 0.6) is 0 Å². The summed E-state index contributed by atoms with van der Waals surface area (Å²) < 4.78 is 7.31. The van der Waals surface area contributed by atoms with E-state index in [0.717, 1.165) is 49.7 Å². The first-order chi connectivity index (χ1) is 11.8. The molecule has 128 valence electrons. The van der Waals surface area contributed by atoms with Crippen molar-refractivity contribution in [2.24, 2.45) is 5.92 Å². The van der Waals surface area contributed by atoms with Crippen LogP contribution in [0.4, 0.5) is 5.82 Å². The van der Waals surface area contributed by atoms with Crippen LogP contribution in [-0.4, -0.2) is 28.9 Å². The number of anilines is 1. The Labute approximate surface area is 146 Å². The van der Waals surface area contributed by atoms with Gasteiger partial charge in [0.2, 0.25) is 0 Å². The molecule has 0 bridgehead atoms. The van der Waals surface area contributed by atoms with Gasteiger partial charge < -0.3 is 10.1 Å². The van der Waals surface area contributed by atoms with Crippen molar-refractivity contribution in [3.05, 3.63) is 33.6 Å². The molecule has 2 aromatic heterocycles. The first-order valence-corrected chi connectivity index (χ1v) is 9.64. The van der Waals surface area contributed by atoms with Gasteiger partial charge in [0.05, 0.1) is 17.7 Å². The molecule has 4 rings (SSSR count). The lowest BCUT2D eigenvalue weighted by Crippen LogP contribution is -2.18. The van der Waals surface area contributed by atoms with E-state index in [4.69, 9.17) is 4.74 Å². The number of thiophene rings is 1. The minimum atomic E-state index is -0.0162. The normalized spacial score (nSPS) is 20.6. The van der Waals surface area contributed by atoms with Crippen LogP contribution < -0.4 is 5.32 Å². The zero-order chi connectivity index (χ0) is 16.4. The second-order valence-corrected chi connectivity index (χ2v) is 7.84. The Morgan fingerprint density at radius 1 is 1.38 bits per heavy atom.